The van der Waals surface area contributed by atoms with Crippen molar-refractivity contribution in [1.29, 1.82) is 0 Å². The molecule has 1 aromatic heterocycles. The van der Waals surface area contributed by atoms with Crippen molar-refractivity contribution in [2.75, 3.05) is 6.54 Å². The van der Waals surface area contributed by atoms with Crippen molar-refractivity contribution in [3.8, 4) is 0 Å². The highest BCUT2D eigenvalue weighted by Gasteiger charge is 2.21. The van der Waals surface area contributed by atoms with Gasteiger partial charge in [0.05, 0.1) is 12.1 Å². The second-order valence-corrected chi connectivity index (χ2v) is 4.37. The number of amides is 1. The molecule has 6 heteroatoms. The fourth-order valence-electron chi connectivity index (χ4n) is 1.91. The van der Waals surface area contributed by atoms with Gasteiger partial charge in [-0.2, -0.15) is 5.10 Å². The van der Waals surface area contributed by atoms with E-state index in [2.05, 4.69) is 17.0 Å². The summed E-state index contributed by atoms with van der Waals surface area (Å²) in [6.45, 7) is 9.17. The zero-order valence-corrected chi connectivity index (χ0v) is 11.4. The molecule has 2 N–H and O–H groups in total. The van der Waals surface area contributed by atoms with Gasteiger partial charge in [-0.25, -0.2) is 0 Å². The van der Waals surface area contributed by atoms with E-state index in [0.29, 0.717) is 23.5 Å². The summed E-state index contributed by atoms with van der Waals surface area (Å²) < 4.78 is 1.56. The van der Waals surface area contributed by atoms with E-state index in [0.717, 1.165) is 0 Å². The first-order valence-corrected chi connectivity index (χ1v) is 6.03. The molecule has 19 heavy (non-hydrogen) atoms. The second-order valence-electron chi connectivity index (χ2n) is 4.37. The molecule has 0 saturated carbocycles. The maximum absolute atomic E-state index is 11.9. The lowest BCUT2D eigenvalue weighted by molar-refractivity contribution is -0.136. The van der Waals surface area contributed by atoms with Gasteiger partial charge < -0.3 is 10.4 Å². The SMILES string of the molecule is C=CCNC(=O)C(C)n1nc(C)c(CC(=O)O)c1C. The lowest BCUT2D eigenvalue weighted by Gasteiger charge is -2.14. The van der Waals surface area contributed by atoms with Crippen LogP contribution in [0.2, 0.25) is 0 Å². The number of carbonyl (C=O) groups is 2. The van der Waals surface area contributed by atoms with Crippen LogP contribution in [-0.4, -0.2) is 33.3 Å². The van der Waals surface area contributed by atoms with Crippen LogP contribution in [0, 0.1) is 13.8 Å². The predicted octanol–water partition coefficient (Wildman–Crippen LogP) is 0.990. The van der Waals surface area contributed by atoms with Gasteiger partial charge in [-0.05, 0) is 20.8 Å². The number of carboxylic acid groups (broad SMARTS) is 1. The molecule has 1 atom stereocenters. The largest absolute Gasteiger partial charge is 0.481 e. The van der Waals surface area contributed by atoms with Gasteiger partial charge in [-0.15, -0.1) is 6.58 Å². The Hall–Kier alpha value is -2.11. The van der Waals surface area contributed by atoms with Crippen LogP contribution in [0.15, 0.2) is 12.7 Å². The third-order valence-electron chi connectivity index (χ3n) is 2.97. The number of hydrogen-bond acceptors (Lipinski definition) is 3. The maximum Gasteiger partial charge on any atom is 0.307 e. The van der Waals surface area contributed by atoms with Gasteiger partial charge >= 0.3 is 5.97 Å². The minimum Gasteiger partial charge on any atom is -0.481 e. The van der Waals surface area contributed by atoms with E-state index in [-0.39, 0.29) is 12.3 Å². The van der Waals surface area contributed by atoms with Crippen LogP contribution in [0.3, 0.4) is 0 Å². The van der Waals surface area contributed by atoms with Crippen LogP contribution in [0.4, 0.5) is 0 Å². The van der Waals surface area contributed by atoms with E-state index < -0.39 is 12.0 Å². The number of carbonyl (C=O) groups excluding carboxylic acids is 1. The average molecular weight is 265 g/mol. The van der Waals surface area contributed by atoms with Crippen molar-refractivity contribution in [3.63, 3.8) is 0 Å². The lowest BCUT2D eigenvalue weighted by Crippen LogP contribution is -2.32. The van der Waals surface area contributed by atoms with Crippen LogP contribution >= 0.6 is 0 Å². The van der Waals surface area contributed by atoms with Crippen molar-refractivity contribution in [2.24, 2.45) is 0 Å². The normalized spacial score (nSPS) is 11.9. The molecule has 0 spiro atoms. The van der Waals surface area contributed by atoms with Crippen molar-refractivity contribution in [2.45, 2.75) is 33.2 Å². The van der Waals surface area contributed by atoms with E-state index >= 15 is 0 Å². The van der Waals surface area contributed by atoms with Crippen molar-refractivity contribution in [3.05, 3.63) is 29.6 Å². The highest BCUT2D eigenvalue weighted by molar-refractivity contribution is 5.80. The van der Waals surface area contributed by atoms with Gasteiger partial charge in [0, 0.05) is 17.8 Å². The molecule has 6 nitrogen and oxygen atoms in total. The minimum atomic E-state index is -0.908. The number of aliphatic carboxylic acids is 1. The molecule has 0 aliphatic heterocycles. The summed E-state index contributed by atoms with van der Waals surface area (Å²) in [5.74, 6) is -1.08. The Bertz CT molecular complexity index is 505. The van der Waals surface area contributed by atoms with Crippen LogP contribution in [0.25, 0.3) is 0 Å². The zero-order valence-electron chi connectivity index (χ0n) is 11.4. The topological polar surface area (TPSA) is 84.2 Å². The molecular weight excluding hydrogens is 246 g/mol. The van der Waals surface area contributed by atoms with Crippen molar-refractivity contribution < 1.29 is 14.7 Å². The third-order valence-corrected chi connectivity index (χ3v) is 2.97. The third kappa shape index (κ3) is 3.43. The molecule has 0 bridgehead atoms. The van der Waals surface area contributed by atoms with E-state index in [9.17, 15) is 9.59 Å². The van der Waals surface area contributed by atoms with E-state index in [4.69, 9.17) is 5.11 Å². The standard InChI is InChI=1S/C13H19N3O3/c1-5-6-14-13(19)10(4)16-9(3)11(7-12(17)18)8(2)15-16/h5,10H,1,6-7H2,2-4H3,(H,14,19)(H,17,18). The molecule has 0 radical (unpaired) electrons. The van der Waals surface area contributed by atoms with Crippen LogP contribution in [0.1, 0.15) is 29.9 Å². The van der Waals surface area contributed by atoms with Gasteiger partial charge in [0.15, 0.2) is 0 Å². The quantitative estimate of drug-likeness (QED) is 0.751. The molecule has 104 valence electrons. The number of aryl methyl sites for hydroxylation is 1. The Labute approximate surface area is 112 Å². The molecule has 0 aliphatic rings. The van der Waals surface area contributed by atoms with Gasteiger partial charge in [0.1, 0.15) is 6.04 Å². The summed E-state index contributed by atoms with van der Waals surface area (Å²) in [7, 11) is 0. The second kappa shape index (κ2) is 6.17. The zero-order chi connectivity index (χ0) is 14.6. The molecule has 1 unspecified atom stereocenters. The molecule has 1 aromatic rings. The summed E-state index contributed by atoms with van der Waals surface area (Å²) in [6, 6.07) is -0.485. The van der Waals surface area contributed by atoms with Gasteiger partial charge in [-0.1, -0.05) is 6.08 Å². The highest BCUT2D eigenvalue weighted by atomic mass is 16.4. The highest BCUT2D eigenvalue weighted by Crippen LogP contribution is 2.18. The number of rotatable bonds is 6. The fraction of sp³-hybridized carbons (Fsp3) is 0.462. The average Bonchev–Trinajstić information content (AvgIpc) is 2.62. The molecule has 1 amide bonds. The summed E-state index contributed by atoms with van der Waals surface area (Å²) in [5.41, 5.74) is 2.01. The van der Waals surface area contributed by atoms with Crippen molar-refractivity contribution in [1.82, 2.24) is 15.1 Å². The molecule has 0 aromatic carbocycles. The molecule has 0 saturated heterocycles. The molecule has 0 fully saturated rings. The van der Waals surface area contributed by atoms with E-state index in [1.54, 1.807) is 31.5 Å². The number of nitrogens with zero attached hydrogens (tertiary/aromatic N) is 2. The van der Waals surface area contributed by atoms with Gasteiger partial charge in [-0.3, -0.25) is 14.3 Å². The summed E-state index contributed by atoms with van der Waals surface area (Å²) in [4.78, 5) is 22.7. The molecular formula is C13H19N3O3. The Morgan fingerprint density at radius 3 is 2.68 bits per heavy atom. The summed E-state index contributed by atoms with van der Waals surface area (Å²) >= 11 is 0. The Morgan fingerprint density at radius 1 is 1.53 bits per heavy atom. The monoisotopic (exact) mass is 265 g/mol. The van der Waals surface area contributed by atoms with Gasteiger partial charge in [0.25, 0.3) is 0 Å². The van der Waals surface area contributed by atoms with Crippen LogP contribution in [-0.2, 0) is 16.0 Å². The summed E-state index contributed by atoms with van der Waals surface area (Å²) in [6.07, 6.45) is 1.51. The number of hydrogen-bond donors (Lipinski definition) is 2. The minimum absolute atomic E-state index is 0.0847. The summed E-state index contributed by atoms with van der Waals surface area (Å²) in [5, 5.41) is 15.8. The van der Waals surface area contributed by atoms with E-state index in [1.165, 1.54) is 0 Å². The van der Waals surface area contributed by atoms with Crippen molar-refractivity contribution >= 4 is 11.9 Å². The van der Waals surface area contributed by atoms with E-state index in [1.807, 2.05) is 0 Å². The smallest absolute Gasteiger partial charge is 0.307 e. The van der Waals surface area contributed by atoms with Gasteiger partial charge in [0.2, 0.25) is 5.91 Å². The Balaban J connectivity index is 2.98. The molecule has 1 rings (SSSR count). The predicted molar refractivity (Wildman–Crippen MR) is 71.0 cm³/mol. The van der Waals surface area contributed by atoms with Crippen LogP contribution < -0.4 is 5.32 Å². The lowest BCUT2D eigenvalue weighted by atomic mass is 10.1. The first-order valence-electron chi connectivity index (χ1n) is 6.03. The fourth-order valence-corrected chi connectivity index (χ4v) is 1.91. The number of aromatic nitrogens is 2. The maximum atomic E-state index is 11.9. The molecule has 1 heterocycles. The number of nitrogens with one attached hydrogen (secondary N) is 1. The Morgan fingerprint density at radius 2 is 2.16 bits per heavy atom. The molecule has 0 aliphatic carbocycles. The van der Waals surface area contributed by atoms with Crippen LogP contribution in [0.5, 0.6) is 0 Å². The Kier molecular flexibility index (Phi) is 4.86. The first kappa shape index (κ1) is 14.9. The number of carboxylic acids is 1. The first-order chi connectivity index (χ1) is 8.88.